The van der Waals surface area contributed by atoms with Gasteiger partial charge in [-0.05, 0) is 62.7 Å². The van der Waals surface area contributed by atoms with Crippen LogP contribution in [-0.4, -0.2) is 22.6 Å². The van der Waals surface area contributed by atoms with E-state index in [1.165, 1.54) is 18.6 Å². The molecule has 110 valence electrons. The highest BCUT2D eigenvalue weighted by atomic mass is 32.1. The van der Waals surface area contributed by atoms with Gasteiger partial charge in [-0.25, -0.2) is 0 Å². The zero-order valence-corrected chi connectivity index (χ0v) is 12.0. The summed E-state index contributed by atoms with van der Waals surface area (Å²) in [5.41, 5.74) is -0.0684. The first kappa shape index (κ1) is 15.1. The van der Waals surface area contributed by atoms with Crippen LogP contribution in [0.3, 0.4) is 0 Å². The fourth-order valence-electron chi connectivity index (χ4n) is 2.34. The van der Waals surface area contributed by atoms with Gasteiger partial charge >= 0.3 is 6.18 Å². The molecule has 1 fully saturated rings. The molecular weight excluding hydrogens is 285 g/mol. The molecule has 2 nitrogen and oxygen atoms in total. The number of benzene rings is 1. The van der Waals surface area contributed by atoms with Crippen LogP contribution in [0.2, 0.25) is 0 Å². The molecule has 1 aliphatic rings. The highest BCUT2D eigenvalue weighted by Crippen LogP contribution is 2.30. The molecule has 0 unspecified atom stereocenters. The molecule has 1 aliphatic heterocycles. The van der Waals surface area contributed by atoms with Crippen molar-refractivity contribution >= 4 is 23.0 Å². The minimum atomic E-state index is -4.31. The third-order valence-corrected chi connectivity index (χ3v) is 3.86. The molecule has 1 N–H and O–H groups in total. The SMILES string of the molecule is C[C@@H]1CCCCN1C(=S)Nc1ccc(C(F)(F)F)cc1. The van der Waals surface area contributed by atoms with Crippen molar-refractivity contribution in [3.8, 4) is 0 Å². The molecular formula is C14H17F3N2S. The minimum absolute atomic E-state index is 0.373. The summed E-state index contributed by atoms with van der Waals surface area (Å²) in [5.74, 6) is 0. The third kappa shape index (κ3) is 3.62. The summed E-state index contributed by atoms with van der Waals surface area (Å²) in [4.78, 5) is 2.09. The molecule has 0 spiro atoms. The van der Waals surface area contributed by atoms with Crippen molar-refractivity contribution in [2.45, 2.75) is 38.4 Å². The normalized spacial score (nSPS) is 19.8. The smallest absolute Gasteiger partial charge is 0.346 e. The number of rotatable bonds is 1. The van der Waals surface area contributed by atoms with Gasteiger partial charge in [-0.15, -0.1) is 0 Å². The number of hydrogen-bond acceptors (Lipinski definition) is 1. The second-order valence-electron chi connectivity index (χ2n) is 5.04. The molecule has 1 atom stereocenters. The number of nitrogens with zero attached hydrogens (tertiary/aromatic N) is 1. The Hall–Kier alpha value is -1.30. The van der Waals surface area contributed by atoms with E-state index < -0.39 is 11.7 Å². The Bertz CT molecular complexity index is 470. The van der Waals surface area contributed by atoms with Crippen LogP contribution in [0, 0.1) is 0 Å². The largest absolute Gasteiger partial charge is 0.416 e. The van der Waals surface area contributed by atoms with Crippen molar-refractivity contribution in [1.29, 1.82) is 0 Å². The van der Waals surface area contributed by atoms with Gasteiger partial charge in [-0.2, -0.15) is 13.2 Å². The molecule has 0 saturated carbocycles. The first-order chi connectivity index (χ1) is 9.38. The lowest BCUT2D eigenvalue weighted by Gasteiger charge is -2.35. The Balaban J connectivity index is 2.01. The van der Waals surface area contributed by atoms with E-state index in [2.05, 4.69) is 17.1 Å². The molecule has 1 saturated heterocycles. The van der Waals surface area contributed by atoms with Crippen molar-refractivity contribution in [2.24, 2.45) is 0 Å². The maximum absolute atomic E-state index is 12.5. The van der Waals surface area contributed by atoms with Gasteiger partial charge in [0.1, 0.15) is 0 Å². The lowest BCUT2D eigenvalue weighted by Crippen LogP contribution is -2.44. The van der Waals surface area contributed by atoms with Crippen molar-refractivity contribution < 1.29 is 13.2 Å². The van der Waals surface area contributed by atoms with Crippen molar-refractivity contribution in [3.63, 3.8) is 0 Å². The molecule has 0 bridgehead atoms. The molecule has 20 heavy (non-hydrogen) atoms. The molecule has 0 aromatic heterocycles. The summed E-state index contributed by atoms with van der Waals surface area (Å²) in [6.07, 6.45) is -0.922. The summed E-state index contributed by atoms with van der Waals surface area (Å²) in [6.45, 7) is 3.01. The lowest BCUT2D eigenvalue weighted by atomic mass is 10.0. The fourth-order valence-corrected chi connectivity index (χ4v) is 2.73. The molecule has 0 aliphatic carbocycles. The van der Waals surface area contributed by atoms with Crippen LogP contribution in [0.1, 0.15) is 31.7 Å². The van der Waals surface area contributed by atoms with Gasteiger partial charge in [-0.3, -0.25) is 0 Å². The molecule has 1 aromatic rings. The zero-order chi connectivity index (χ0) is 14.8. The van der Waals surface area contributed by atoms with Crippen molar-refractivity contribution in [1.82, 2.24) is 4.90 Å². The van der Waals surface area contributed by atoms with E-state index in [0.29, 0.717) is 16.8 Å². The van der Waals surface area contributed by atoms with Crippen molar-refractivity contribution in [3.05, 3.63) is 29.8 Å². The number of anilines is 1. The van der Waals surface area contributed by atoms with Crippen LogP contribution in [-0.2, 0) is 6.18 Å². The van der Waals surface area contributed by atoms with Gasteiger partial charge in [0.15, 0.2) is 5.11 Å². The maximum atomic E-state index is 12.5. The number of halogens is 3. The Labute approximate surface area is 122 Å². The van der Waals surface area contributed by atoms with E-state index in [9.17, 15) is 13.2 Å². The average Bonchev–Trinajstić information content (AvgIpc) is 2.38. The Kier molecular flexibility index (Phi) is 4.52. The van der Waals surface area contributed by atoms with Crippen LogP contribution >= 0.6 is 12.2 Å². The Morgan fingerprint density at radius 1 is 1.25 bits per heavy atom. The summed E-state index contributed by atoms with van der Waals surface area (Å²) in [6, 6.07) is 5.31. The molecule has 0 amide bonds. The lowest BCUT2D eigenvalue weighted by molar-refractivity contribution is -0.137. The van der Waals surface area contributed by atoms with Crippen LogP contribution in [0.25, 0.3) is 0 Å². The average molecular weight is 302 g/mol. The second kappa shape index (κ2) is 5.99. The predicted molar refractivity (Wildman–Crippen MR) is 77.7 cm³/mol. The molecule has 0 radical (unpaired) electrons. The van der Waals surface area contributed by atoms with Gasteiger partial charge in [0.2, 0.25) is 0 Å². The molecule has 2 rings (SSSR count). The molecule has 1 heterocycles. The summed E-state index contributed by atoms with van der Waals surface area (Å²) in [7, 11) is 0. The topological polar surface area (TPSA) is 15.3 Å². The van der Waals surface area contributed by atoms with Gasteiger partial charge < -0.3 is 10.2 Å². The Morgan fingerprint density at radius 3 is 2.45 bits per heavy atom. The third-order valence-electron chi connectivity index (χ3n) is 3.53. The molecule has 6 heteroatoms. The summed E-state index contributed by atoms with van der Waals surface area (Å²) >= 11 is 5.33. The van der Waals surface area contributed by atoms with Crippen LogP contribution in [0.5, 0.6) is 0 Å². The van der Waals surface area contributed by atoms with Gasteiger partial charge in [0.05, 0.1) is 5.56 Å². The standard InChI is InChI=1S/C14H17F3N2S/c1-10-4-2-3-9-19(10)13(20)18-12-7-5-11(6-8-12)14(15,16)17/h5-8,10H,2-4,9H2,1H3,(H,18,20)/t10-/m1/s1. The van der Waals surface area contributed by atoms with Gasteiger partial charge in [0.25, 0.3) is 0 Å². The quantitative estimate of drug-likeness (QED) is 0.780. The van der Waals surface area contributed by atoms with Crippen LogP contribution < -0.4 is 5.32 Å². The molecule has 1 aromatic carbocycles. The highest BCUT2D eigenvalue weighted by Gasteiger charge is 2.30. The first-order valence-corrected chi connectivity index (χ1v) is 7.03. The van der Waals surface area contributed by atoms with Gasteiger partial charge in [-0.1, -0.05) is 0 Å². The number of piperidine rings is 1. The zero-order valence-electron chi connectivity index (χ0n) is 11.2. The Morgan fingerprint density at radius 2 is 1.90 bits per heavy atom. The number of thiocarbonyl (C=S) groups is 1. The van der Waals surface area contributed by atoms with E-state index in [1.807, 2.05) is 0 Å². The summed E-state index contributed by atoms with van der Waals surface area (Å²) in [5, 5.41) is 3.59. The van der Waals surface area contributed by atoms with E-state index in [1.54, 1.807) is 0 Å². The maximum Gasteiger partial charge on any atom is 0.416 e. The van der Waals surface area contributed by atoms with E-state index in [-0.39, 0.29) is 0 Å². The number of likely N-dealkylation sites (tertiary alicyclic amines) is 1. The predicted octanol–water partition coefficient (Wildman–Crippen LogP) is 4.28. The minimum Gasteiger partial charge on any atom is -0.346 e. The number of nitrogens with one attached hydrogen (secondary N) is 1. The summed E-state index contributed by atoms with van der Waals surface area (Å²) < 4.78 is 37.4. The van der Waals surface area contributed by atoms with Crippen LogP contribution in [0.15, 0.2) is 24.3 Å². The van der Waals surface area contributed by atoms with E-state index in [0.717, 1.165) is 31.5 Å². The van der Waals surface area contributed by atoms with Crippen molar-refractivity contribution in [2.75, 3.05) is 11.9 Å². The van der Waals surface area contributed by atoms with E-state index >= 15 is 0 Å². The monoisotopic (exact) mass is 302 g/mol. The van der Waals surface area contributed by atoms with Gasteiger partial charge in [0, 0.05) is 18.3 Å². The van der Waals surface area contributed by atoms with Crippen LogP contribution in [0.4, 0.5) is 18.9 Å². The van der Waals surface area contributed by atoms with E-state index in [4.69, 9.17) is 12.2 Å². The number of hydrogen-bond donors (Lipinski definition) is 1. The fraction of sp³-hybridized carbons (Fsp3) is 0.500. The first-order valence-electron chi connectivity index (χ1n) is 6.63. The number of alkyl halides is 3. The second-order valence-corrected chi connectivity index (χ2v) is 5.43. The highest BCUT2D eigenvalue weighted by molar-refractivity contribution is 7.80.